The highest BCUT2D eigenvalue weighted by Gasteiger charge is 2.47. The molecule has 0 radical (unpaired) electrons. The summed E-state index contributed by atoms with van der Waals surface area (Å²) in [5.41, 5.74) is 3.75. The Kier molecular flexibility index (Phi) is 6.18. The number of carboxylic acids is 1. The summed E-state index contributed by atoms with van der Waals surface area (Å²) in [4.78, 5) is 17.6. The largest absolute Gasteiger partial charge is 0.478 e. The second kappa shape index (κ2) is 9.36. The van der Waals surface area contributed by atoms with Crippen molar-refractivity contribution in [2.75, 3.05) is 18.0 Å². The Labute approximate surface area is 219 Å². The first-order chi connectivity index (χ1) is 17.4. The fourth-order valence-corrected chi connectivity index (χ4v) is 6.22. The third-order valence-electron chi connectivity index (χ3n) is 7.91. The maximum atomic E-state index is 11.3. The topological polar surface area (TPSA) is 88.7 Å². The van der Waals surface area contributed by atoms with Gasteiger partial charge in [-0.05, 0) is 62.1 Å². The van der Waals surface area contributed by atoms with Crippen LogP contribution in [0.3, 0.4) is 0 Å². The molecule has 3 aliphatic rings. The van der Waals surface area contributed by atoms with Crippen molar-refractivity contribution in [2.45, 2.75) is 57.2 Å². The lowest BCUT2D eigenvalue weighted by Crippen LogP contribution is -2.50. The number of pyridine rings is 1. The molecule has 1 saturated heterocycles. The number of hydrogen-bond acceptors (Lipinski definition) is 6. The molecular formula is C27H27Cl2N3O4. The van der Waals surface area contributed by atoms with E-state index in [1.165, 1.54) is 6.20 Å². The minimum atomic E-state index is -0.950. The number of nitrogens with zero attached hydrogens (tertiary/aromatic N) is 3. The Hall–Kier alpha value is -2.61. The summed E-state index contributed by atoms with van der Waals surface area (Å²) in [5.74, 6) is 0.354. The fraction of sp³-hybridized carbons (Fsp3) is 0.444. The van der Waals surface area contributed by atoms with E-state index in [9.17, 15) is 9.90 Å². The highest BCUT2D eigenvalue weighted by atomic mass is 35.5. The van der Waals surface area contributed by atoms with E-state index in [1.807, 2.05) is 18.2 Å². The van der Waals surface area contributed by atoms with Crippen LogP contribution in [0.5, 0.6) is 0 Å². The molecule has 36 heavy (non-hydrogen) atoms. The molecule has 2 saturated carbocycles. The number of benzene rings is 1. The van der Waals surface area contributed by atoms with Crippen molar-refractivity contribution >= 4 is 34.9 Å². The predicted molar refractivity (Wildman–Crippen MR) is 137 cm³/mol. The predicted octanol–water partition coefficient (Wildman–Crippen LogP) is 6.58. The number of aromatic nitrogens is 2. The monoisotopic (exact) mass is 527 g/mol. The van der Waals surface area contributed by atoms with Crippen molar-refractivity contribution in [3.8, 4) is 11.3 Å². The number of piperidine rings is 1. The van der Waals surface area contributed by atoms with Crippen LogP contribution in [0.4, 0.5) is 5.69 Å². The van der Waals surface area contributed by atoms with Crippen LogP contribution < -0.4 is 4.90 Å². The summed E-state index contributed by atoms with van der Waals surface area (Å²) < 4.78 is 12.1. The molecule has 0 bridgehead atoms. The first-order valence-corrected chi connectivity index (χ1v) is 13.2. The van der Waals surface area contributed by atoms with Gasteiger partial charge in [0.2, 0.25) is 0 Å². The summed E-state index contributed by atoms with van der Waals surface area (Å²) in [6.07, 6.45) is 9.72. The van der Waals surface area contributed by atoms with E-state index in [0.29, 0.717) is 39.2 Å². The molecule has 3 fully saturated rings. The molecule has 3 heterocycles. The first-order valence-electron chi connectivity index (χ1n) is 12.4. The lowest BCUT2D eigenvalue weighted by atomic mass is 9.61. The highest BCUT2D eigenvalue weighted by molar-refractivity contribution is 6.39. The Bertz CT molecular complexity index is 1270. The van der Waals surface area contributed by atoms with E-state index in [-0.39, 0.29) is 11.7 Å². The third-order valence-corrected chi connectivity index (χ3v) is 8.54. The standard InChI is InChI=1S/C27H27Cl2N3O4/c28-21-2-1-3-22(29)23(21)24-20(25(36-31-24)16-4-5-16)15-35-19-11-27(12-19)6-8-32(9-7-27)18-10-17(26(33)34)13-30-14-18/h1-3,10,13-14,16,19H,4-9,11-12,15H2,(H,33,34). The molecule has 1 aromatic carbocycles. The van der Waals surface area contributed by atoms with Crippen LogP contribution in [-0.2, 0) is 11.3 Å². The minimum absolute atomic E-state index is 0.199. The molecule has 188 valence electrons. The number of aromatic carboxylic acids is 1. The van der Waals surface area contributed by atoms with Crippen LogP contribution in [0.25, 0.3) is 11.3 Å². The number of anilines is 1. The Morgan fingerprint density at radius 2 is 1.89 bits per heavy atom. The number of hydrogen-bond donors (Lipinski definition) is 1. The van der Waals surface area contributed by atoms with E-state index >= 15 is 0 Å². The normalized spacial score (nSPS) is 19.4. The number of carbonyl (C=O) groups is 1. The van der Waals surface area contributed by atoms with Gasteiger partial charge in [-0.2, -0.15) is 0 Å². The Morgan fingerprint density at radius 1 is 1.17 bits per heavy atom. The van der Waals surface area contributed by atoms with Crippen molar-refractivity contribution in [3.63, 3.8) is 0 Å². The van der Waals surface area contributed by atoms with Crippen molar-refractivity contribution in [1.29, 1.82) is 0 Å². The summed E-state index contributed by atoms with van der Waals surface area (Å²) >= 11 is 13.0. The minimum Gasteiger partial charge on any atom is -0.478 e. The molecule has 3 aromatic rings. The van der Waals surface area contributed by atoms with Gasteiger partial charge in [-0.3, -0.25) is 4.98 Å². The summed E-state index contributed by atoms with van der Waals surface area (Å²) in [6, 6.07) is 7.16. The molecule has 1 N–H and O–H groups in total. The molecular weight excluding hydrogens is 501 g/mol. The number of ether oxygens (including phenoxy) is 1. The van der Waals surface area contributed by atoms with Crippen LogP contribution in [-0.4, -0.2) is 40.4 Å². The average Bonchev–Trinajstić information content (AvgIpc) is 3.62. The number of halogens is 2. The van der Waals surface area contributed by atoms with Gasteiger partial charge in [0.25, 0.3) is 0 Å². The van der Waals surface area contributed by atoms with Crippen LogP contribution in [0.15, 0.2) is 41.2 Å². The lowest BCUT2D eigenvalue weighted by molar-refractivity contribution is -0.0979. The maximum Gasteiger partial charge on any atom is 0.337 e. The van der Waals surface area contributed by atoms with Crippen molar-refractivity contribution in [1.82, 2.24) is 10.1 Å². The van der Waals surface area contributed by atoms with Gasteiger partial charge < -0.3 is 19.3 Å². The van der Waals surface area contributed by atoms with E-state index in [1.54, 1.807) is 12.3 Å². The second-order valence-electron chi connectivity index (χ2n) is 10.3. The van der Waals surface area contributed by atoms with Crippen molar-refractivity contribution in [3.05, 3.63) is 63.6 Å². The smallest absolute Gasteiger partial charge is 0.337 e. The molecule has 0 unspecified atom stereocenters. The first kappa shape index (κ1) is 23.8. The van der Waals surface area contributed by atoms with E-state index in [4.69, 9.17) is 32.5 Å². The average molecular weight is 528 g/mol. The van der Waals surface area contributed by atoms with Crippen LogP contribution in [0.2, 0.25) is 10.0 Å². The second-order valence-corrected chi connectivity index (χ2v) is 11.1. The van der Waals surface area contributed by atoms with Gasteiger partial charge in [0.1, 0.15) is 11.5 Å². The number of carboxylic acid groups (broad SMARTS) is 1. The van der Waals surface area contributed by atoms with E-state index in [0.717, 1.165) is 68.6 Å². The molecule has 7 nitrogen and oxygen atoms in total. The molecule has 9 heteroatoms. The molecule has 0 amide bonds. The van der Waals surface area contributed by atoms with Crippen molar-refractivity contribution in [2.24, 2.45) is 5.41 Å². The van der Waals surface area contributed by atoms with Crippen LogP contribution in [0.1, 0.15) is 66.1 Å². The number of rotatable bonds is 7. The van der Waals surface area contributed by atoms with Gasteiger partial charge in [-0.25, -0.2) is 4.79 Å². The SMILES string of the molecule is O=C(O)c1cncc(N2CCC3(CC2)CC(OCc2c(-c4c(Cl)cccc4Cl)noc2C2CC2)C3)c1. The summed E-state index contributed by atoms with van der Waals surface area (Å²) in [6.45, 7) is 2.22. The zero-order valence-corrected chi connectivity index (χ0v) is 21.3. The highest BCUT2D eigenvalue weighted by Crippen LogP contribution is 2.52. The van der Waals surface area contributed by atoms with Crippen LogP contribution >= 0.6 is 23.2 Å². The third kappa shape index (κ3) is 4.49. The van der Waals surface area contributed by atoms with Crippen LogP contribution in [0, 0.1) is 5.41 Å². The van der Waals surface area contributed by atoms with Gasteiger partial charge in [0.05, 0.1) is 40.2 Å². The molecule has 2 aliphatic carbocycles. The molecule has 0 atom stereocenters. The zero-order chi connectivity index (χ0) is 24.9. The van der Waals surface area contributed by atoms with Gasteiger partial charge in [0.15, 0.2) is 0 Å². The molecule has 1 aliphatic heterocycles. The molecule has 6 rings (SSSR count). The van der Waals surface area contributed by atoms with E-state index in [2.05, 4.69) is 15.0 Å². The lowest BCUT2D eigenvalue weighted by Gasteiger charge is -2.52. The zero-order valence-electron chi connectivity index (χ0n) is 19.8. The fourth-order valence-electron chi connectivity index (χ4n) is 5.64. The Balaban J connectivity index is 1.09. The summed E-state index contributed by atoms with van der Waals surface area (Å²) in [7, 11) is 0. The quantitative estimate of drug-likeness (QED) is 0.370. The van der Waals surface area contributed by atoms with Gasteiger partial charge in [-0.1, -0.05) is 34.4 Å². The molecule has 1 spiro atoms. The van der Waals surface area contributed by atoms with E-state index < -0.39 is 5.97 Å². The summed E-state index contributed by atoms with van der Waals surface area (Å²) in [5, 5.41) is 14.7. The van der Waals surface area contributed by atoms with Gasteiger partial charge >= 0.3 is 5.97 Å². The van der Waals surface area contributed by atoms with Crippen molar-refractivity contribution < 1.29 is 19.2 Å². The van der Waals surface area contributed by atoms with Gasteiger partial charge in [0, 0.05) is 36.3 Å². The Morgan fingerprint density at radius 3 is 2.56 bits per heavy atom. The maximum absolute atomic E-state index is 11.3. The molecule has 2 aromatic heterocycles. The van der Waals surface area contributed by atoms with Gasteiger partial charge in [-0.15, -0.1) is 0 Å².